The number of carboxylic acid groups (broad SMARTS) is 1. The average molecular weight is 295 g/mol. The number of halogens is 1. The SMILES string of the molecule is Cc1ccc(F)c(OCC(=O)N(C2CC2)C(C)C(=O)O)c1. The summed E-state index contributed by atoms with van der Waals surface area (Å²) in [5.41, 5.74) is 0.816. The Labute approximate surface area is 122 Å². The maximum atomic E-state index is 13.5. The van der Waals surface area contributed by atoms with E-state index in [0.29, 0.717) is 0 Å². The molecule has 0 bridgehead atoms. The van der Waals surface area contributed by atoms with Gasteiger partial charge in [-0.25, -0.2) is 9.18 Å². The van der Waals surface area contributed by atoms with Crippen LogP contribution in [0, 0.1) is 12.7 Å². The van der Waals surface area contributed by atoms with Gasteiger partial charge in [0.25, 0.3) is 5.91 Å². The van der Waals surface area contributed by atoms with Crippen molar-refractivity contribution in [3.05, 3.63) is 29.6 Å². The molecule has 0 spiro atoms. The molecule has 1 unspecified atom stereocenters. The minimum atomic E-state index is -1.06. The number of benzene rings is 1. The van der Waals surface area contributed by atoms with Gasteiger partial charge in [-0.1, -0.05) is 6.07 Å². The zero-order valence-corrected chi connectivity index (χ0v) is 12.0. The van der Waals surface area contributed by atoms with Gasteiger partial charge in [-0.3, -0.25) is 4.79 Å². The van der Waals surface area contributed by atoms with E-state index >= 15 is 0 Å². The highest BCUT2D eigenvalue weighted by Gasteiger charge is 2.38. The Kier molecular flexibility index (Phi) is 4.45. The van der Waals surface area contributed by atoms with Gasteiger partial charge in [-0.2, -0.15) is 0 Å². The van der Waals surface area contributed by atoms with E-state index < -0.39 is 23.7 Å². The number of hydrogen-bond donors (Lipinski definition) is 1. The minimum absolute atomic E-state index is 0.00192. The molecule has 1 saturated carbocycles. The first kappa shape index (κ1) is 15.3. The fourth-order valence-electron chi connectivity index (χ4n) is 2.14. The smallest absolute Gasteiger partial charge is 0.326 e. The van der Waals surface area contributed by atoms with Crippen molar-refractivity contribution in [3.8, 4) is 5.75 Å². The molecule has 1 N–H and O–H groups in total. The van der Waals surface area contributed by atoms with Crippen LogP contribution in [-0.2, 0) is 9.59 Å². The van der Waals surface area contributed by atoms with Crippen LogP contribution in [-0.4, -0.2) is 40.6 Å². The lowest BCUT2D eigenvalue weighted by Crippen LogP contribution is -2.46. The molecule has 0 heterocycles. The zero-order chi connectivity index (χ0) is 15.6. The summed E-state index contributed by atoms with van der Waals surface area (Å²) in [6, 6.07) is 3.43. The highest BCUT2D eigenvalue weighted by Crippen LogP contribution is 2.29. The van der Waals surface area contributed by atoms with Crippen LogP contribution in [0.1, 0.15) is 25.3 Å². The number of aryl methyl sites for hydroxylation is 1. The van der Waals surface area contributed by atoms with Crippen molar-refractivity contribution < 1.29 is 23.8 Å². The molecule has 0 radical (unpaired) electrons. The number of amides is 1. The molecule has 21 heavy (non-hydrogen) atoms. The summed E-state index contributed by atoms with van der Waals surface area (Å²) in [4.78, 5) is 24.5. The summed E-state index contributed by atoms with van der Waals surface area (Å²) in [5.74, 6) is -2.04. The molecule has 1 atom stereocenters. The molecule has 0 aliphatic heterocycles. The molecule has 1 aliphatic rings. The van der Waals surface area contributed by atoms with Crippen molar-refractivity contribution in [2.24, 2.45) is 0 Å². The van der Waals surface area contributed by atoms with Gasteiger partial charge < -0.3 is 14.7 Å². The third-order valence-corrected chi connectivity index (χ3v) is 3.44. The van der Waals surface area contributed by atoms with E-state index in [0.717, 1.165) is 18.4 Å². The van der Waals surface area contributed by atoms with Crippen LogP contribution in [0.25, 0.3) is 0 Å². The van der Waals surface area contributed by atoms with Crippen LogP contribution in [0.3, 0.4) is 0 Å². The topological polar surface area (TPSA) is 66.8 Å². The second-order valence-electron chi connectivity index (χ2n) is 5.27. The molecule has 1 aliphatic carbocycles. The van der Waals surface area contributed by atoms with E-state index in [1.54, 1.807) is 13.0 Å². The monoisotopic (exact) mass is 295 g/mol. The van der Waals surface area contributed by atoms with Crippen molar-refractivity contribution >= 4 is 11.9 Å². The Morgan fingerprint density at radius 2 is 2.14 bits per heavy atom. The number of aliphatic carboxylic acids is 1. The van der Waals surface area contributed by atoms with Gasteiger partial charge in [-0.05, 0) is 44.4 Å². The van der Waals surface area contributed by atoms with Crippen LogP contribution in [0.2, 0.25) is 0 Å². The highest BCUT2D eigenvalue weighted by atomic mass is 19.1. The fraction of sp³-hybridized carbons (Fsp3) is 0.467. The molecule has 1 fully saturated rings. The third kappa shape index (κ3) is 3.71. The number of nitrogens with zero attached hydrogens (tertiary/aromatic N) is 1. The Balaban J connectivity index is 2.02. The number of carbonyl (C=O) groups excluding carboxylic acids is 1. The molecule has 1 aromatic rings. The van der Waals surface area contributed by atoms with Crippen LogP contribution in [0.5, 0.6) is 5.75 Å². The molecule has 1 amide bonds. The van der Waals surface area contributed by atoms with Crippen molar-refractivity contribution in [1.29, 1.82) is 0 Å². The van der Waals surface area contributed by atoms with E-state index in [-0.39, 0.29) is 18.4 Å². The zero-order valence-electron chi connectivity index (χ0n) is 12.0. The van der Waals surface area contributed by atoms with E-state index in [4.69, 9.17) is 9.84 Å². The standard InChI is InChI=1S/C15H18FNO4/c1-9-3-6-12(16)13(7-9)21-8-14(18)17(11-4-5-11)10(2)15(19)20/h3,6-7,10-11H,4-5,8H2,1-2H3,(H,19,20). The largest absolute Gasteiger partial charge is 0.481 e. The van der Waals surface area contributed by atoms with E-state index in [2.05, 4.69) is 0 Å². The molecule has 6 heteroatoms. The van der Waals surface area contributed by atoms with Crippen LogP contribution in [0.4, 0.5) is 4.39 Å². The van der Waals surface area contributed by atoms with E-state index in [1.807, 2.05) is 0 Å². The van der Waals surface area contributed by atoms with Gasteiger partial charge in [0.15, 0.2) is 18.2 Å². The Hall–Kier alpha value is -2.11. The van der Waals surface area contributed by atoms with Gasteiger partial charge in [-0.15, -0.1) is 0 Å². The summed E-state index contributed by atoms with van der Waals surface area (Å²) in [6.07, 6.45) is 1.59. The van der Waals surface area contributed by atoms with Gasteiger partial charge in [0, 0.05) is 6.04 Å². The molecule has 0 aromatic heterocycles. The summed E-state index contributed by atoms with van der Waals surface area (Å²) >= 11 is 0. The molecular formula is C15H18FNO4. The summed E-state index contributed by atoms with van der Waals surface area (Å²) in [7, 11) is 0. The van der Waals surface area contributed by atoms with Gasteiger partial charge in [0.2, 0.25) is 0 Å². The Bertz CT molecular complexity index is 557. The minimum Gasteiger partial charge on any atom is -0.481 e. The molecule has 1 aromatic carbocycles. The van der Waals surface area contributed by atoms with Crippen molar-refractivity contribution in [3.63, 3.8) is 0 Å². The van der Waals surface area contributed by atoms with E-state index in [1.165, 1.54) is 24.0 Å². The first-order valence-corrected chi connectivity index (χ1v) is 6.83. The number of carbonyl (C=O) groups is 2. The number of ether oxygens (including phenoxy) is 1. The lowest BCUT2D eigenvalue weighted by atomic mass is 10.2. The summed E-state index contributed by atoms with van der Waals surface area (Å²) in [5, 5.41) is 9.05. The van der Waals surface area contributed by atoms with Crippen LogP contribution in [0.15, 0.2) is 18.2 Å². The predicted octanol–water partition coefficient (Wildman–Crippen LogP) is 1.98. The Morgan fingerprint density at radius 1 is 1.48 bits per heavy atom. The first-order valence-electron chi connectivity index (χ1n) is 6.83. The Morgan fingerprint density at radius 3 is 2.71 bits per heavy atom. The molecule has 114 valence electrons. The summed E-state index contributed by atoms with van der Waals surface area (Å²) in [6.45, 7) is 2.89. The van der Waals surface area contributed by atoms with Crippen molar-refractivity contribution in [2.45, 2.75) is 38.8 Å². The lowest BCUT2D eigenvalue weighted by molar-refractivity contribution is -0.150. The number of rotatable bonds is 6. The van der Waals surface area contributed by atoms with Crippen LogP contribution < -0.4 is 4.74 Å². The van der Waals surface area contributed by atoms with Gasteiger partial charge in [0.1, 0.15) is 6.04 Å². The van der Waals surface area contributed by atoms with Gasteiger partial charge in [0.05, 0.1) is 0 Å². The third-order valence-electron chi connectivity index (χ3n) is 3.44. The summed E-state index contributed by atoms with van der Waals surface area (Å²) < 4.78 is 18.7. The predicted molar refractivity (Wildman–Crippen MR) is 73.6 cm³/mol. The quantitative estimate of drug-likeness (QED) is 0.871. The fourth-order valence-corrected chi connectivity index (χ4v) is 2.14. The lowest BCUT2D eigenvalue weighted by Gasteiger charge is -2.26. The number of carboxylic acids is 1. The first-order chi connectivity index (χ1) is 9.90. The second kappa shape index (κ2) is 6.11. The van der Waals surface area contributed by atoms with Gasteiger partial charge >= 0.3 is 5.97 Å². The van der Waals surface area contributed by atoms with Crippen LogP contribution >= 0.6 is 0 Å². The molecule has 0 saturated heterocycles. The number of hydrogen-bond acceptors (Lipinski definition) is 3. The van der Waals surface area contributed by atoms with E-state index in [9.17, 15) is 14.0 Å². The highest BCUT2D eigenvalue weighted by molar-refractivity contribution is 5.84. The average Bonchev–Trinajstić information content (AvgIpc) is 3.24. The van der Waals surface area contributed by atoms with Crippen molar-refractivity contribution in [1.82, 2.24) is 4.90 Å². The molecule has 2 rings (SSSR count). The normalized spacial score (nSPS) is 15.4. The second-order valence-corrected chi connectivity index (χ2v) is 5.27. The maximum absolute atomic E-state index is 13.5. The molecular weight excluding hydrogens is 277 g/mol. The molecule has 5 nitrogen and oxygen atoms in total. The van der Waals surface area contributed by atoms with Crippen molar-refractivity contribution in [2.75, 3.05) is 6.61 Å². The maximum Gasteiger partial charge on any atom is 0.326 e.